The molecule has 1 N–H and O–H groups in total. The number of H-pyrrole nitrogens is 1. The first-order valence-electron chi connectivity index (χ1n) is 10.7. The maximum absolute atomic E-state index is 11.4. The third-order valence-electron chi connectivity index (χ3n) is 5.87. The van der Waals surface area contributed by atoms with Crippen molar-refractivity contribution in [1.82, 2.24) is 19.9 Å². The van der Waals surface area contributed by atoms with E-state index in [0.29, 0.717) is 38.0 Å². The van der Waals surface area contributed by atoms with Crippen molar-refractivity contribution in [2.45, 2.75) is 25.9 Å². The van der Waals surface area contributed by atoms with Crippen LogP contribution in [0, 0.1) is 0 Å². The average molecular weight is 422 g/mol. The quantitative estimate of drug-likeness (QED) is 0.683. The number of ether oxygens (including phenoxy) is 2. The summed E-state index contributed by atoms with van der Waals surface area (Å²) in [4.78, 5) is 33.3. The fourth-order valence-electron chi connectivity index (χ4n) is 4.13. The largest absolute Gasteiger partial charge is 0.377 e. The first-order chi connectivity index (χ1) is 15.1. The molecule has 0 amide bonds. The maximum atomic E-state index is 11.4. The van der Waals surface area contributed by atoms with E-state index in [9.17, 15) is 4.79 Å². The molecular weight excluding hydrogens is 396 g/mol. The third-order valence-corrected chi connectivity index (χ3v) is 5.87. The lowest BCUT2D eigenvalue weighted by molar-refractivity contribution is 0.0973. The van der Waals surface area contributed by atoms with Gasteiger partial charge >= 0.3 is 0 Å². The highest BCUT2D eigenvalue weighted by Gasteiger charge is 2.27. The normalized spacial score (nSPS) is 22.1. The Balaban J connectivity index is 1.65. The molecule has 2 aliphatic heterocycles. The molecule has 9 heteroatoms. The van der Waals surface area contributed by atoms with Crippen LogP contribution in [0.1, 0.15) is 13.8 Å². The second-order valence-electron chi connectivity index (χ2n) is 8.09. The molecule has 0 bridgehead atoms. The van der Waals surface area contributed by atoms with Crippen molar-refractivity contribution in [2.75, 3.05) is 49.3 Å². The van der Waals surface area contributed by atoms with Crippen molar-refractivity contribution in [3.05, 3.63) is 40.8 Å². The van der Waals surface area contributed by atoms with Crippen molar-refractivity contribution in [2.24, 2.45) is 0 Å². The highest BCUT2D eigenvalue weighted by molar-refractivity contribution is 5.90. The number of morpholine rings is 2. The predicted octanol–water partition coefficient (Wildman–Crippen LogP) is 1.83. The fraction of sp³-hybridized carbons (Fsp3) is 0.455. The van der Waals surface area contributed by atoms with E-state index in [0.717, 1.165) is 35.6 Å². The van der Waals surface area contributed by atoms with Gasteiger partial charge in [-0.05, 0) is 32.0 Å². The Labute approximate surface area is 180 Å². The van der Waals surface area contributed by atoms with Crippen LogP contribution in [0.5, 0.6) is 0 Å². The van der Waals surface area contributed by atoms with Crippen LogP contribution in [-0.4, -0.2) is 71.5 Å². The van der Waals surface area contributed by atoms with Crippen LogP contribution < -0.4 is 15.4 Å². The molecule has 0 unspecified atom stereocenters. The minimum absolute atomic E-state index is 0.140. The lowest BCUT2D eigenvalue weighted by Gasteiger charge is -2.37. The number of fused-ring (bicyclic) bond motifs is 1. The molecule has 5 heterocycles. The molecule has 2 atom stereocenters. The Hall–Kier alpha value is -3.04. The van der Waals surface area contributed by atoms with Gasteiger partial charge in [0.2, 0.25) is 11.5 Å². The third kappa shape index (κ3) is 3.86. The van der Waals surface area contributed by atoms with Crippen LogP contribution in [0.2, 0.25) is 0 Å². The summed E-state index contributed by atoms with van der Waals surface area (Å²) in [6.07, 6.45) is 1.67. The zero-order valence-electron chi connectivity index (χ0n) is 17.7. The Kier molecular flexibility index (Phi) is 5.29. The van der Waals surface area contributed by atoms with E-state index < -0.39 is 0 Å². The van der Waals surface area contributed by atoms with Crippen molar-refractivity contribution < 1.29 is 9.47 Å². The van der Waals surface area contributed by atoms with E-state index in [1.807, 2.05) is 12.1 Å². The van der Waals surface area contributed by atoms with Crippen LogP contribution >= 0.6 is 0 Å². The zero-order valence-corrected chi connectivity index (χ0v) is 17.7. The number of nitrogens with zero attached hydrogens (tertiary/aromatic N) is 5. The first kappa shape index (κ1) is 19.9. The highest BCUT2D eigenvalue weighted by atomic mass is 16.5. The van der Waals surface area contributed by atoms with Crippen LogP contribution in [0.25, 0.3) is 22.3 Å². The number of aromatic amines is 1. The molecule has 5 rings (SSSR count). The van der Waals surface area contributed by atoms with Gasteiger partial charge in [0.05, 0.1) is 49.6 Å². The van der Waals surface area contributed by atoms with E-state index in [2.05, 4.69) is 28.6 Å². The van der Waals surface area contributed by atoms with Gasteiger partial charge < -0.3 is 24.3 Å². The Morgan fingerprint density at radius 3 is 2.35 bits per heavy atom. The van der Waals surface area contributed by atoms with Crippen LogP contribution in [0.3, 0.4) is 0 Å². The molecule has 162 valence electrons. The number of hydrogen-bond acceptors (Lipinski definition) is 8. The predicted molar refractivity (Wildman–Crippen MR) is 119 cm³/mol. The number of nitrogens with one attached hydrogen (secondary N) is 1. The number of pyridine rings is 2. The molecule has 2 aliphatic rings. The zero-order chi connectivity index (χ0) is 21.4. The van der Waals surface area contributed by atoms with Gasteiger partial charge in [-0.3, -0.25) is 4.79 Å². The van der Waals surface area contributed by atoms with Gasteiger partial charge in [0.15, 0.2) is 5.65 Å². The van der Waals surface area contributed by atoms with Crippen molar-refractivity contribution >= 4 is 22.8 Å². The smallest absolute Gasteiger partial charge is 0.247 e. The second kappa shape index (κ2) is 8.24. The molecule has 3 aromatic rings. The van der Waals surface area contributed by atoms with Crippen LogP contribution in [-0.2, 0) is 9.47 Å². The van der Waals surface area contributed by atoms with Gasteiger partial charge in [0.25, 0.3) is 0 Å². The van der Waals surface area contributed by atoms with E-state index in [1.165, 1.54) is 6.07 Å². The van der Waals surface area contributed by atoms with Crippen LogP contribution in [0.15, 0.2) is 35.3 Å². The van der Waals surface area contributed by atoms with Crippen molar-refractivity contribution in [3.63, 3.8) is 0 Å². The average Bonchev–Trinajstić information content (AvgIpc) is 2.79. The van der Waals surface area contributed by atoms with Crippen LogP contribution in [0.4, 0.5) is 11.8 Å². The van der Waals surface area contributed by atoms with E-state index in [4.69, 9.17) is 24.4 Å². The van der Waals surface area contributed by atoms with E-state index in [-0.39, 0.29) is 17.6 Å². The van der Waals surface area contributed by atoms with E-state index in [1.54, 1.807) is 12.3 Å². The van der Waals surface area contributed by atoms with Gasteiger partial charge in [0.1, 0.15) is 5.82 Å². The highest BCUT2D eigenvalue weighted by Crippen LogP contribution is 2.31. The van der Waals surface area contributed by atoms with E-state index >= 15 is 0 Å². The molecule has 0 aromatic carbocycles. The minimum atomic E-state index is -0.140. The minimum Gasteiger partial charge on any atom is -0.377 e. The SMILES string of the molecule is C[C@H]1COCCN1c1nc(N2CCOC[C@@H]2C)c2ccc(-c3ccc(=O)[nH]c3)nc2n1. The summed E-state index contributed by atoms with van der Waals surface area (Å²) >= 11 is 0. The summed E-state index contributed by atoms with van der Waals surface area (Å²) in [5.41, 5.74) is 2.09. The second-order valence-corrected chi connectivity index (χ2v) is 8.09. The fourth-order valence-corrected chi connectivity index (χ4v) is 4.13. The monoisotopic (exact) mass is 422 g/mol. The van der Waals surface area contributed by atoms with Gasteiger partial charge in [-0.1, -0.05) is 0 Å². The molecule has 0 aliphatic carbocycles. The molecule has 0 spiro atoms. The Bertz CT molecular complexity index is 1130. The number of hydrogen-bond donors (Lipinski definition) is 1. The molecule has 0 saturated carbocycles. The number of aromatic nitrogens is 4. The Morgan fingerprint density at radius 2 is 1.68 bits per heavy atom. The number of anilines is 2. The molecule has 0 radical (unpaired) electrons. The maximum Gasteiger partial charge on any atom is 0.247 e. The lowest BCUT2D eigenvalue weighted by Crippen LogP contribution is -2.46. The summed E-state index contributed by atoms with van der Waals surface area (Å²) in [7, 11) is 0. The summed E-state index contributed by atoms with van der Waals surface area (Å²) < 4.78 is 11.2. The molecule has 31 heavy (non-hydrogen) atoms. The van der Waals surface area contributed by atoms with Gasteiger partial charge in [-0.15, -0.1) is 0 Å². The molecule has 9 nitrogen and oxygen atoms in total. The molecular formula is C22H26N6O3. The lowest BCUT2D eigenvalue weighted by atomic mass is 10.1. The molecule has 2 fully saturated rings. The Morgan fingerprint density at radius 1 is 0.935 bits per heavy atom. The molecule has 2 saturated heterocycles. The summed E-state index contributed by atoms with van der Waals surface area (Å²) in [5.74, 6) is 1.55. The number of rotatable bonds is 3. The first-order valence-corrected chi connectivity index (χ1v) is 10.7. The molecule has 3 aromatic heterocycles. The summed E-state index contributed by atoms with van der Waals surface area (Å²) in [6, 6.07) is 7.63. The standard InChI is InChI=1S/C22H26N6O3/c1-14-12-30-9-7-27(14)21-17-4-5-18(16-3-6-19(29)23-11-16)24-20(17)25-22(26-21)28-8-10-31-13-15(28)2/h3-6,11,14-15H,7-10,12-13H2,1-2H3,(H,23,29)/t14-,15-/m0/s1. The van der Waals surface area contributed by atoms with Gasteiger partial charge in [-0.2, -0.15) is 9.97 Å². The van der Waals surface area contributed by atoms with Gasteiger partial charge in [0, 0.05) is 30.9 Å². The summed E-state index contributed by atoms with van der Waals surface area (Å²) in [5, 5.41) is 0.909. The summed E-state index contributed by atoms with van der Waals surface area (Å²) in [6.45, 7) is 8.41. The van der Waals surface area contributed by atoms with Gasteiger partial charge in [-0.25, -0.2) is 4.98 Å². The van der Waals surface area contributed by atoms with Crippen molar-refractivity contribution in [3.8, 4) is 11.3 Å². The topological polar surface area (TPSA) is 96.5 Å². The van der Waals surface area contributed by atoms with Crippen molar-refractivity contribution in [1.29, 1.82) is 0 Å².